The highest BCUT2D eigenvalue weighted by molar-refractivity contribution is 7.80. The van der Waals surface area contributed by atoms with Gasteiger partial charge in [-0.1, -0.05) is 25.1 Å². The highest BCUT2D eigenvalue weighted by Gasteiger charge is 2.10. The van der Waals surface area contributed by atoms with Gasteiger partial charge in [0.2, 0.25) is 0 Å². The first-order valence-corrected chi connectivity index (χ1v) is 9.30. The zero-order valence-corrected chi connectivity index (χ0v) is 16.2. The third-order valence-electron chi connectivity index (χ3n) is 4.72. The van der Waals surface area contributed by atoms with Crippen molar-refractivity contribution in [3.05, 3.63) is 64.6 Å². The number of para-hydroxylation sites is 1. The molecule has 0 atom stereocenters. The fraction of sp³-hybridized carbons (Fsp3) is 0.286. The summed E-state index contributed by atoms with van der Waals surface area (Å²) in [6, 6.07) is 11.1. The van der Waals surface area contributed by atoms with Crippen LogP contribution in [-0.2, 0) is 12.8 Å². The molecule has 3 nitrogen and oxygen atoms in total. The monoisotopic (exact) mass is 369 g/mol. The van der Waals surface area contributed by atoms with Crippen LogP contribution in [0.2, 0.25) is 0 Å². The van der Waals surface area contributed by atoms with Crippen molar-refractivity contribution in [2.24, 2.45) is 0 Å². The van der Waals surface area contributed by atoms with E-state index in [-0.39, 0.29) is 5.82 Å². The molecule has 0 aliphatic carbocycles. The molecule has 136 valence electrons. The van der Waals surface area contributed by atoms with E-state index in [4.69, 9.17) is 12.2 Å². The van der Waals surface area contributed by atoms with Crippen molar-refractivity contribution in [1.29, 1.82) is 0 Å². The van der Waals surface area contributed by atoms with Crippen molar-refractivity contribution in [2.45, 2.75) is 33.6 Å². The van der Waals surface area contributed by atoms with Crippen molar-refractivity contribution in [2.75, 3.05) is 11.9 Å². The van der Waals surface area contributed by atoms with Gasteiger partial charge in [0.25, 0.3) is 0 Å². The molecule has 3 rings (SSSR count). The number of aryl methyl sites for hydroxylation is 3. The second kappa shape index (κ2) is 7.87. The van der Waals surface area contributed by atoms with E-state index in [0.29, 0.717) is 11.7 Å². The fourth-order valence-electron chi connectivity index (χ4n) is 3.34. The van der Waals surface area contributed by atoms with E-state index in [9.17, 15) is 4.39 Å². The van der Waals surface area contributed by atoms with Crippen LogP contribution in [0.15, 0.2) is 36.4 Å². The van der Waals surface area contributed by atoms with Crippen LogP contribution in [0.25, 0.3) is 10.9 Å². The topological polar surface area (TPSA) is 39.8 Å². The quantitative estimate of drug-likeness (QED) is 0.553. The molecule has 0 spiro atoms. The van der Waals surface area contributed by atoms with Crippen molar-refractivity contribution in [3.63, 3.8) is 0 Å². The lowest BCUT2D eigenvalue weighted by Crippen LogP contribution is -2.30. The molecule has 5 heteroatoms. The van der Waals surface area contributed by atoms with E-state index in [0.717, 1.165) is 40.7 Å². The molecular weight excluding hydrogens is 345 g/mol. The average Bonchev–Trinajstić information content (AvgIpc) is 2.92. The Kier molecular flexibility index (Phi) is 5.57. The number of hydrogen-bond acceptors (Lipinski definition) is 1. The molecule has 0 fully saturated rings. The number of benzene rings is 2. The predicted molar refractivity (Wildman–Crippen MR) is 111 cm³/mol. The molecule has 0 unspecified atom stereocenters. The van der Waals surface area contributed by atoms with Crippen LogP contribution >= 0.6 is 12.2 Å². The van der Waals surface area contributed by atoms with Crippen LogP contribution < -0.4 is 10.6 Å². The Hall–Kier alpha value is -2.40. The second-order valence-corrected chi connectivity index (χ2v) is 6.92. The molecule has 3 aromatic rings. The van der Waals surface area contributed by atoms with Crippen LogP contribution in [0.3, 0.4) is 0 Å². The van der Waals surface area contributed by atoms with Crippen molar-refractivity contribution in [3.8, 4) is 0 Å². The van der Waals surface area contributed by atoms with E-state index >= 15 is 0 Å². The maximum absolute atomic E-state index is 13.6. The molecule has 0 saturated carbocycles. The Bertz CT molecular complexity index is 946. The largest absolute Gasteiger partial charge is 0.362 e. The van der Waals surface area contributed by atoms with Crippen LogP contribution in [0.4, 0.5) is 10.1 Å². The van der Waals surface area contributed by atoms with Gasteiger partial charge in [0.1, 0.15) is 5.82 Å². The lowest BCUT2D eigenvalue weighted by molar-refractivity contribution is 0.629. The number of halogens is 1. The summed E-state index contributed by atoms with van der Waals surface area (Å²) in [5.41, 5.74) is 6.66. The fourth-order valence-corrected chi connectivity index (χ4v) is 3.54. The number of aromatic nitrogens is 1. The molecule has 0 radical (unpaired) electrons. The van der Waals surface area contributed by atoms with Gasteiger partial charge in [-0.2, -0.15) is 0 Å². The molecule has 1 aromatic heterocycles. The Morgan fingerprint density at radius 1 is 1.19 bits per heavy atom. The first-order valence-electron chi connectivity index (χ1n) is 8.89. The number of hydrogen-bond donors (Lipinski definition) is 3. The average molecular weight is 370 g/mol. The van der Waals surface area contributed by atoms with Gasteiger partial charge in [-0.25, -0.2) is 4.39 Å². The lowest BCUT2D eigenvalue weighted by Gasteiger charge is -2.16. The zero-order valence-electron chi connectivity index (χ0n) is 15.4. The molecule has 0 amide bonds. The molecule has 2 aromatic carbocycles. The van der Waals surface area contributed by atoms with Crippen LogP contribution in [0.5, 0.6) is 0 Å². The minimum absolute atomic E-state index is 0.213. The maximum Gasteiger partial charge on any atom is 0.170 e. The summed E-state index contributed by atoms with van der Waals surface area (Å²) in [5.74, 6) is -0.213. The second-order valence-electron chi connectivity index (χ2n) is 6.51. The summed E-state index contributed by atoms with van der Waals surface area (Å²) < 4.78 is 13.6. The first-order chi connectivity index (χ1) is 12.5. The van der Waals surface area contributed by atoms with E-state index in [1.165, 1.54) is 17.2 Å². The molecule has 0 saturated heterocycles. The molecule has 3 N–H and O–H groups in total. The molecule has 0 aliphatic rings. The molecule has 0 bridgehead atoms. The van der Waals surface area contributed by atoms with Gasteiger partial charge in [-0.15, -0.1) is 0 Å². The van der Waals surface area contributed by atoms with Gasteiger partial charge in [-0.3, -0.25) is 0 Å². The number of nitrogens with one attached hydrogen (secondary N) is 3. The Morgan fingerprint density at radius 3 is 2.77 bits per heavy atom. The Balaban J connectivity index is 1.65. The van der Waals surface area contributed by atoms with E-state index in [1.54, 1.807) is 12.1 Å². The predicted octanol–water partition coefficient (Wildman–Crippen LogP) is 5.02. The normalized spacial score (nSPS) is 10.9. The van der Waals surface area contributed by atoms with Crippen LogP contribution in [0.1, 0.15) is 29.3 Å². The number of H-pyrrole nitrogens is 1. The van der Waals surface area contributed by atoms with Crippen molar-refractivity contribution < 1.29 is 4.39 Å². The van der Waals surface area contributed by atoms with E-state index in [2.05, 4.69) is 47.7 Å². The van der Waals surface area contributed by atoms with Gasteiger partial charge in [-0.05, 0) is 73.8 Å². The lowest BCUT2D eigenvalue weighted by atomic mass is 10.1. The third kappa shape index (κ3) is 3.88. The minimum Gasteiger partial charge on any atom is -0.362 e. The van der Waals surface area contributed by atoms with Gasteiger partial charge in [0.05, 0.1) is 0 Å². The number of rotatable bonds is 5. The zero-order chi connectivity index (χ0) is 18.7. The maximum atomic E-state index is 13.6. The summed E-state index contributed by atoms with van der Waals surface area (Å²) in [5, 5.41) is 8.14. The summed E-state index contributed by atoms with van der Waals surface area (Å²) in [4.78, 5) is 3.31. The Labute approximate surface area is 159 Å². The highest BCUT2D eigenvalue weighted by Crippen LogP contribution is 2.23. The number of anilines is 1. The van der Waals surface area contributed by atoms with Gasteiger partial charge < -0.3 is 15.6 Å². The number of aromatic amines is 1. The van der Waals surface area contributed by atoms with Crippen molar-refractivity contribution >= 4 is 33.9 Å². The Morgan fingerprint density at radius 2 is 2.00 bits per heavy atom. The molecular formula is C21H24FN3S. The summed E-state index contributed by atoms with van der Waals surface area (Å²) >= 11 is 5.46. The van der Waals surface area contributed by atoms with Crippen LogP contribution in [0, 0.1) is 19.7 Å². The smallest absolute Gasteiger partial charge is 0.170 e. The number of fused-ring (bicyclic) bond motifs is 1. The van der Waals surface area contributed by atoms with Gasteiger partial charge >= 0.3 is 0 Å². The summed E-state index contributed by atoms with van der Waals surface area (Å²) in [6.45, 7) is 6.91. The molecule has 26 heavy (non-hydrogen) atoms. The summed E-state index contributed by atoms with van der Waals surface area (Å²) in [6.07, 6.45) is 1.72. The minimum atomic E-state index is -0.213. The standard InChI is InChI=1S/C21H24FN3S/c1-4-15-7-5-6-13(2)20(15)25-21(26)23-11-10-17-14(3)24-19-9-8-16(22)12-18(17)19/h5-9,12,24H,4,10-11H2,1-3H3,(H2,23,25,26). The third-order valence-corrected chi connectivity index (χ3v) is 4.97. The molecule has 0 aliphatic heterocycles. The molecule has 1 heterocycles. The summed E-state index contributed by atoms with van der Waals surface area (Å²) in [7, 11) is 0. The van der Waals surface area contributed by atoms with Gasteiger partial charge in [0, 0.05) is 28.8 Å². The van der Waals surface area contributed by atoms with Crippen molar-refractivity contribution in [1.82, 2.24) is 10.3 Å². The first kappa shape index (κ1) is 18.4. The number of thiocarbonyl (C=S) groups is 1. The highest BCUT2D eigenvalue weighted by atomic mass is 32.1. The SMILES string of the molecule is CCc1cccc(C)c1NC(=S)NCCc1c(C)[nH]c2ccc(F)cc12. The van der Waals surface area contributed by atoms with E-state index < -0.39 is 0 Å². The van der Waals surface area contributed by atoms with E-state index in [1.807, 2.05) is 6.92 Å². The van der Waals surface area contributed by atoms with Gasteiger partial charge in [0.15, 0.2) is 5.11 Å². The van der Waals surface area contributed by atoms with Crippen LogP contribution in [-0.4, -0.2) is 16.6 Å².